The van der Waals surface area contributed by atoms with Crippen molar-refractivity contribution >= 4 is 5.97 Å². The standard InChI is InChI=1S/C19H22O2/c1-12-5-6-14(3)17(9-12)18(11-19(20)21)16-8-7-13(2)15(4)10-16/h5-10,18H,11H2,1-4H3,(H,20,21). The number of carboxylic acids is 1. The first-order chi connectivity index (χ1) is 9.88. The third-order valence-corrected chi connectivity index (χ3v) is 4.12. The first kappa shape index (κ1) is 15.3. The van der Waals surface area contributed by atoms with Crippen molar-refractivity contribution in [3.63, 3.8) is 0 Å². The van der Waals surface area contributed by atoms with Crippen LogP contribution in [0.4, 0.5) is 0 Å². The van der Waals surface area contributed by atoms with Gasteiger partial charge in [0.25, 0.3) is 0 Å². The number of aryl methyl sites for hydroxylation is 4. The number of benzene rings is 2. The largest absolute Gasteiger partial charge is 0.481 e. The van der Waals surface area contributed by atoms with Crippen molar-refractivity contribution in [2.24, 2.45) is 0 Å². The van der Waals surface area contributed by atoms with Gasteiger partial charge in [-0.05, 0) is 55.5 Å². The normalized spacial score (nSPS) is 12.2. The van der Waals surface area contributed by atoms with Crippen LogP contribution in [0.25, 0.3) is 0 Å². The lowest BCUT2D eigenvalue weighted by Gasteiger charge is -2.20. The summed E-state index contributed by atoms with van der Waals surface area (Å²) in [7, 11) is 0. The van der Waals surface area contributed by atoms with Gasteiger partial charge in [0.15, 0.2) is 0 Å². The summed E-state index contributed by atoms with van der Waals surface area (Å²) in [5.74, 6) is -0.860. The zero-order valence-electron chi connectivity index (χ0n) is 13.1. The van der Waals surface area contributed by atoms with Gasteiger partial charge in [-0.2, -0.15) is 0 Å². The molecule has 1 unspecified atom stereocenters. The van der Waals surface area contributed by atoms with Gasteiger partial charge < -0.3 is 5.11 Å². The van der Waals surface area contributed by atoms with Gasteiger partial charge in [-0.15, -0.1) is 0 Å². The molecule has 0 aliphatic heterocycles. The first-order valence-electron chi connectivity index (χ1n) is 7.24. The first-order valence-corrected chi connectivity index (χ1v) is 7.24. The molecule has 2 heteroatoms. The van der Waals surface area contributed by atoms with Crippen molar-refractivity contribution in [2.75, 3.05) is 0 Å². The molecular formula is C19H22O2. The van der Waals surface area contributed by atoms with E-state index in [4.69, 9.17) is 0 Å². The molecule has 0 aliphatic rings. The second kappa shape index (κ2) is 6.13. The summed E-state index contributed by atoms with van der Waals surface area (Å²) in [6.45, 7) is 8.23. The topological polar surface area (TPSA) is 37.3 Å². The van der Waals surface area contributed by atoms with Crippen LogP contribution < -0.4 is 0 Å². The highest BCUT2D eigenvalue weighted by molar-refractivity contribution is 5.69. The summed E-state index contributed by atoms with van der Waals surface area (Å²) in [5, 5.41) is 9.29. The molecule has 0 saturated heterocycles. The van der Waals surface area contributed by atoms with Crippen molar-refractivity contribution in [1.82, 2.24) is 0 Å². The monoisotopic (exact) mass is 282 g/mol. The van der Waals surface area contributed by atoms with E-state index in [9.17, 15) is 9.90 Å². The number of hydrogen-bond acceptors (Lipinski definition) is 1. The van der Waals surface area contributed by atoms with Crippen LogP contribution in [0.5, 0.6) is 0 Å². The number of rotatable bonds is 4. The van der Waals surface area contributed by atoms with Gasteiger partial charge >= 0.3 is 5.97 Å². The highest BCUT2D eigenvalue weighted by Gasteiger charge is 2.20. The summed E-state index contributed by atoms with van der Waals surface area (Å²) >= 11 is 0. The van der Waals surface area contributed by atoms with Crippen molar-refractivity contribution in [3.8, 4) is 0 Å². The van der Waals surface area contributed by atoms with Crippen LogP contribution in [0.2, 0.25) is 0 Å². The minimum atomic E-state index is -0.765. The lowest BCUT2D eigenvalue weighted by molar-refractivity contribution is -0.137. The molecule has 0 heterocycles. The molecule has 21 heavy (non-hydrogen) atoms. The third kappa shape index (κ3) is 3.52. The van der Waals surface area contributed by atoms with Crippen LogP contribution in [0.3, 0.4) is 0 Å². The predicted molar refractivity (Wildman–Crippen MR) is 85.9 cm³/mol. The molecule has 0 saturated carbocycles. The van der Waals surface area contributed by atoms with E-state index in [1.165, 1.54) is 11.1 Å². The molecule has 1 atom stereocenters. The van der Waals surface area contributed by atoms with E-state index in [0.29, 0.717) is 0 Å². The Morgan fingerprint density at radius 2 is 1.62 bits per heavy atom. The average Bonchev–Trinajstić information content (AvgIpc) is 2.42. The smallest absolute Gasteiger partial charge is 0.304 e. The fourth-order valence-electron chi connectivity index (χ4n) is 2.70. The highest BCUT2D eigenvalue weighted by atomic mass is 16.4. The molecule has 0 amide bonds. The summed E-state index contributed by atoms with van der Waals surface area (Å²) in [4.78, 5) is 11.3. The molecule has 0 fully saturated rings. The molecular weight excluding hydrogens is 260 g/mol. The van der Waals surface area contributed by atoms with Gasteiger partial charge in [0.1, 0.15) is 0 Å². The fourth-order valence-corrected chi connectivity index (χ4v) is 2.70. The molecule has 2 rings (SSSR count). The Bertz CT molecular complexity index is 671. The van der Waals surface area contributed by atoms with Crippen LogP contribution in [-0.4, -0.2) is 11.1 Å². The number of carboxylic acid groups (broad SMARTS) is 1. The predicted octanol–water partition coefficient (Wildman–Crippen LogP) is 4.53. The Hall–Kier alpha value is -2.09. The second-order valence-corrected chi connectivity index (χ2v) is 5.85. The Morgan fingerprint density at radius 3 is 2.24 bits per heavy atom. The average molecular weight is 282 g/mol. The summed E-state index contributed by atoms with van der Waals surface area (Å²) in [5.41, 5.74) is 6.93. The molecule has 2 nitrogen and oxygen atoms in total. The molecule has 0 spiro atoms. The Labute approximate surface area is 126 Å². The van der Waals surface area contributed by atoms with Crippen LogP contribution in [0, 0.1) is 27.7 Å². The summed E-state index contributed by atoms with van der Waals surface area (Å²) < 4.78 is 0. The van der Waals surface area contributed by atoms with Crippen LogP contribution in [0.1, 0.15) is 45.7 Å². The van der Waals surface area contributed by atoms with Gasteiger partial charge in [0.2, 0.25) is 0 Å². The Morgan fingerprint density at radius 1 is 0.952 bits per heavy atom. The van der Waals surface area contributed by atoms with E-state index in [2.05, 4.69) is 50.2 Å². The minimum Gasteiger partial charge on any atom is -0.481 e. The van der Waals surface area contributed by atoms with E-state index in [1.54, 1.807) is 0 Å². The van der Waals surface area contributed by atoms with Crippen LogP contribution in [0.15, 0.2) is 36.4 Å². The van der Waals surface area contributed by atoms with E-state index >= 15 is 0 Å². The molecule has 2 aromatic rings. The second-order valence-electron chi connectivity index (χ2n) is 5.85. The van der Waals surface area contributed by atoms with E-state index in [0.717, 1.165) is 22.3 Å². The lowest BCUT2D eigenvalue weighted by Crippen LogP contribution is -2.10. The zero-order chi connectivity index (χ0) is 15.6. The van der Waals surface area contributed by atoms with Gasteiger partial charge in [-0.25, -0.2) is 0 Å². The summed E-state index contributed by atoms with van der Waals surface area (Å²) in [6, 6.07) is 12.5. The minimum absolute atomic E-state index is 0.0956. The maximum atomic E-state index is 11.3. The molecule has 1 N–H and O–H groups in total. The highest BCUT2D eigenvalue weighted by Crippen LogP contribution is 2.32. The van der Waals surface area contributed by atoms with E-state index in [1.807, 2.05) is 13.8 Å². The third-order valence-electron chi connectivity index (χ3n) is 4.12. The number of carbonyl (C=O) groups is 1. The molecule has 110 valence electrons. The zero-order valence-corrected chi connectivity index (χ0v) is 13.1. The number of aliphatic carboxylic acids is 1. The summed E-state index contributed by atoms with van der Waals surface area (Å²) in [6.07, 6.45) is 0.118. The van der Waals surface area contributed by atoms with Crippen molar-refractivity contribution in [2.45, 2.75) is 40.0 Å². The Balaban J connectivity index is 2.54. The van der Waals surface area contributed by atoms with Gasteiger partial charge in [-0.3, -0.25) is 4.79 Å². The molecule has 0 radical (unpaired) electrons. The quantitative estimate of drug-likeness (QED) is 0.894. The lowest BCUT2D eigenvalue weighted by atomic mass is 9.84. The van der Waals surface area contributed by atoms with Crippen LogP contribution >= 0.6 is 0 Å². The fraction of sp³-hybridized carbons (Fsp3) is 0.316. The Kier molecular flexibility index (Phi) is 4.46. The SMILES string of the molecule is Cc1ccc(C)c(C(CC(=O)O)c2ccc(C)c(C)c2)c1. The van der Waals surface area contributed by atoms with Crippen molar-refractivity contribution < 1.29 is 9.90 Å². The van der Waals surface area contributed by atoms with Gasteiger partial charge in [-0.1, -0.05) is 42.0 Å². The van der Waals surface area contributed by atoms with Crippen LogP contribution in [-0.2, 0) is 4.79 Å². The number of hydrogen-bond donors (Lipinski definition) is 1. The molecule has 2 aromatic carbocycles. The van der Waals surface area contributed by atoms with E-state index in [-0.39, 0.29) is 12.3 Å². The maximum absolute atomic E-state index is 11.3. The van der Waals surface area contributed by atoms with E-state index < -0.39 is 5.97 Å². The maximum Gasteiger partial charge on any atom is 0.304 e. The van der Waals surface area contributed by atoms with Crippen molar-refractivity contribution in [1.29, 1.82) is 0 Å². The molecule has 0 bridgehead atoms. The molecule has 0 aliphatic carbocycles. The van der Waals surface area contributed by atoms with Gasteiger partial charge in [0.05, 0.1) is 6.42 Å². The van der Waals surface area contributed by atoms with Gasteiger partial charge in [0, 0.05) is 5.92 Å². The molecule has 0 aromatic heterocycles. The van der Waals surface area contributed by atoms with Crippen molar-refractivity contribution in [3.05, 3.63) is 69.8 Å².